The number of ether oxygens (including phenoxy) is 2. The number of likely N-dealkylation sites (tertiary alicyclic amines) is 1. The molecule has 0 aromatic heterocycles. The van der Waals surface area contributed by atoms with Gasteiger partial charge in [0.2, 0.25) is 0 Å². The van der Waals surface area contributed by atoms with Gasteiger partial charge in [-0.1, -0.05) is 12.1 Å². The summed E-state index contributed by atoms with van der Waals surface area (Å²) in [4.78, 5) is 5.17. The molecule has 0 saturated carbocycles. The molecular formula is C19H31N3O2. The number of piperidine rings is 1. The number of hydrogen-bond donors (Lipinski definition) is 1. The zero-order valence-corrected chi connectivity index (χ0v) is 15.0. The van der Waals surface area contributed by atoms with Crippen molar-refractivity contribution in [1.82, 2.24) is 9.80 Å². The van der Waals surface area contributed by atoms with Crippen LogP contribution in [0.2, 0.25) is 0 Å². The summed E-state index contributed by atoms with van der Waals surface area (Å²) >= 11 is 0. The molecule has 0 amide bonds. The monoisotopic (exact) mass is 333 g/mol. The summed E-state index contributed by atoms with van der Waals surface area (Å²) in [5.74, 6) is 0.931. The van der Waals surface area contributed by atoms with Crippen molar-refractivity contribution >= 4 is 5.69 Å². The largest absolute Gasteiger partial charge is 0.495 e. The Kier molecular flexibility index (Phi) is 6.35. The molecule has 0 radical (unpaired) electrons. The van der Waals surface area contributed by atoms with E-state index in [1.165, 1.54) is 25.9 Å². The first-order chi connectivity index (χ1) is 11.8. The van der Waals surface area contributed by atoms with Crippen LogP contribution in [0.25, 0.3) is 0 Å². The fourth-order valence-corrected chi connectivity index (χ4v) is 3.74. The van der Waals surface area contributed by atoms with Crippen molar-refractivity contribution in [3.63, 3.8) is 0 Å². The second kappa shape index (κ2) is 8.70. The van der Waals surface area contributed by atoms with E-state index < -0.39 is 0 Å². The van der Waals surface area contributed by atoms with Gasteiger partial charge in [-0.05, 0) is 31.9 Å². The molecule has 1 atom stereocenters. The van der Waals surface area contributed by atoms with E-state index in [0.29, 0.717) is 12.1 Å². The molecule has 0 bridgehead atoms. The highest BCUT2D eigenvalue weighted by Gasteiger charge is 2.24. The molecule has 5 heteroatoms. The third kappa shape index (κ3) is 4.62. The number of para-hydroxylation sites is 2. The summed E-state index contributed by atoms with van der Waals surface area (Å²) in [7, 11) is 1.73. The molecule has 5 nitrogen and oxygen atoms in total. The van der Waals surface area contributed by atoms with E-state index in [1.807, 2.05) is 12.1 Å². The van der Waals surface area contributed by atoms with Crippen LogP contribution >= 0.6 is 0 Å². The van der Waals surface area contributed by atoms with Gasteiger partial charge in [0, 0.05) is 44.8 Å². The molecule has 0 aliphatic carbocycles. The van der Waals surface area contributed by atoms with E-state index in [1.54, 1.807) is 7.11 Å². The molecule has 134 valence electrons. The number of benzene rings is 1. The summed E-state index contributed by atoms with van der Waals surface area (Å²) < 4.78 is 10.9. The zero-order chi connectivity index (χ0) is 16.8. The number of methoxy groups -OCH3 is 1. The van der Waals surface area contributed by atoms with Gasteiger partial charge in [-0.2, -0.15) is 0 Å². The van der Waals surface area contributed by atoms with Crippen LogP contribution in [0.4, 0.5) is 5.69 Å². The van der Waals surface area contributed by atoms with Crippen molar-refractivity contribution < 1.29 is 9.47 Å². The third-order valence-corrected chi connectivity index (χ3v) is 5.25. The van der Waals surface area contributed by atoms with Crippen molar-refractivity contribution in [1.29, 1.82) is 0 Å². The van der Waals surface area contributed by atoms with E-state index in [0.717, 1.165) is 44.3 Å². The SMILES string of the molecule is COc1ccccc1NC1CCN(C(C)CN2CCOCC2)CC1. The maximum Gasteiger partial charge on any atom is 0.141 e. The summed E-state index contributed by atoms with van der Waals surface area (Å²) in [5, 5.41) is 3.66. The number of morpholine rings is 1. The maximum absolute atomic E-state index is 5.44. The van der Waals surface area contributed by atoms with Crippen LogP contribution in [0.3, 0.4) is 0 Å². The summed E-state index contributed by atoms with van der Waals surface area (Å²) in [6.07, 6.45) is 2.37. The molecule has 2 aliphatic rings. The summed E-state index contributed by atoms with van der Waals surface area (Å²) in [6, 6.07) is 9.35. The summed E-state index contributed by atoms with van der Waals surface area (Å²) in [6.45, 7) is 9.79. The lowest BCUT2D eigenvalue weighted by atomic mass is 10.0. The minimum Gasteiger partial charge on any atom is -0.495 e. The highest BCUT2D eigenvalue weighted by molar-refractivity contribution is 5.56. The van der Waals surface area contributed by atoms with Crippen LogP contribution in [0.1, 0.15) is 19.8 Å². The van der Waals surface area contributed by atoms with Gasteiger partial charge in [-0.3, -0.25) is 9.80 Å². The average molecular weight is 333 g/mol. The van der Waals surface area contributed by atoms with Crippen molar-refractivity contribution in [2.45, 2.75) is 31.8 Å². The van der Waals surface area contributed by atoms with Gasteiger partial charge in [0.05, 0.1) is 26.0 Å². The van der Waals surface area contributed by atoms with E-state index in [-0.39, 0.29) is 0 Å². The molecular weight excluding hydrogens is 302 g/mol. The number of hydrogen-bond acceptors (Lipinski definition) is 5. The highest BCUT2D eigenvalue weighted by atomic mass is 16.5. The second-order valence-corrected chi connectivity index (χ2v) is 6.92. The lowest BCUT2D eigenvalue weighted by Crippen LogP contribution is -2.49. The van der Waals surface area contributed by atoms with Gasteiger partial charge in [-0.25, -0.2) is 0 Å². The Morgan fingerprint density at radius 3 is 2.58 bits per heavy atom. The van der Waals surface area contributed by atoms with E-state index >= 15 is 0 Å². The topological polar surface area (TPSA) is 37.0 Å². The van der Waals surface area contributed by atoms with Crippen molar-refractivity contribution in [2.24, 2.45) is 0 Å². The maximum atomic E-state index is 5.44. The number of anilines is 1. The smallest absolute Gasteiger partial charge is 0.141 e. The number of nitrogens with zero attached hydrogens (tertiary/aromatic N) is 2. The first-order valence-electron chi connectivity index (χ1n) is 9.20. The highest BCUT2D eigenvalue weighted by Crippen LogP contribution is 2.26. The van der Waals surface area contributed by atoms with Gasteiger partial charge in [0.25, 0.3) is 0 Å². The Bertz CT molecular complexity index is 497. The molecule has 24 heavy (non-hydrogen) atoms. The average Bonchev–Trinajstić information content (AvgIpc) is 2.63. The predicted molar refractivity (Wildman–Crippen MR) is 97.9 cm³/mol. The lowest BCUT2D eigenvalue weighted by Gasteiger charge is -2.39. The summed E-state index contributed by atoms with van der Waals surface area (Å²) in [5.41, 5.74) is 1.11. The number of rotatable bonds is 6. The quantitative estimate of drug-likeness (QED) is 0.864. The molecule has 0 spiro atoms. The molecule has 2 aliphatic heterocycles. The van der Waals surface area contributed by atoms with Gasteiger partial charge in [0.1, 0.15) is 5.75 Å². The Morgan fingerprint density at radius 1 is 1.17 bits per heavy atom. The van der Waals surface area contributed by atoms with E-state index in [9.17, 15) is 0 Å². The van der Waals surface area contributed by atoms with Gasteiger partial charge < -0.3 is 14.8 Å². The Morgan fingerprint density at radius 2 is 1.88 bits per heavy atom. The van der Waals surface area contributed by atoms with Crippen LogP contribution < -0.4 is 10.1 Å². The Hall–Kier alpha value is -1.30. The predicted octanol–water partition coefficient (Wildman–Crippen LogP) is 2.29. The molecule has 3 rings (SSSR count). The van der Waals surface area contributed by atoms with Crippen molar-refractivity contribution in [2.75, 3.05) is 58.4 Å². The molecule has 1 unspecified atom stereocenters. The standard InChI is InChI=1S/C19H31N3O2/c1-16(15-21-11-13-24-14-12-21)22-9-7-17(8-10-22)20-18-5-3-4-6-19(18)23-2/h3-6,16-17,20H,7-15H2,1-2H3. The van der Waals surface area contributed by atoms with Gasteiger partial charge >= 0.3 is 0 Å². The Labute approximate surface area is 145 Å². The molecule has 1 N–H and O–H groups in total. The van der Waals surface area contributed by atoms with Crippen LogP contribution in [0.15, 0.2) is 24.3 Å². The normalized spacial score (nSPS) is 22.2. The van der Waals surface area contributed by atoms with Gasteiger partial charge in [0.15, 0.2) is 0 Å². The van der Waals surface area contributed by atoms with Crippen molar-refractivity contribution in [3.8, 4) is 5.75 Å². The number of nitrogens with one attached hydrogen (secondary N) is 1. The fourth-order valence-electron chi connectivity index (χ4n) is 3.74. The third-order valence-electron chi connectivity index (χ3n) is 5.25. The molecule has 2 heterocycles. The van der Waals surface area contributed by atoms with Crippen LogP contribution in [0.5, 0.6) is 5.75 Å². The second-order valence-electron chi connectivity index (χ2n) is 6.92. The molecule has 1 aromatic rings. The molecule has 2 fully saturated rings. The van der Waals surface area contributed by atoms with Gasteiger partial charge in [-0.15, -0.1) is 0 Å². The van der Waals surface area contributed by atoms with Crippen molar-refractivity contribution in [3.05, 3.63) is 24.3 Å². The molecule has 2 saturated heterocycles. The molecule has 1 aromatic carbocycles. The van der Waals surface area contributed by atoms with E-state index in [2.05, 4.69) is 34.2 Å². The first kappa shape index (κ1) is 17.5. The first-order valence-corrected chi connectivity index (χ1v) is 9.20. The minimum atomic E-state index is 0.535. The Balaban J connectivity index is 1.45. The minimum absolute atomic E-state index is 0.535. The van der Waals surface area contributed by atoms with Crippen LogP contribution in [-0.2, 0) is 4.74 Å². The van der Waals surface area contributed by atoms with Crippen LogP contribution in [0, 0.1) is 0 Å². The lowest BCUT2D eigenvalue weighted by molar-refractivity contribution is 0.0221. The van der Waals surface area contributed by atoms with Crippen LogP contribution in [-0.4, -0.2) is 74.9 Å². The van der Waals surface area contributed by atoms with E-state index in [4.69, 9.17) is 9.47 Å². The zero-order valence-electron chi connectivity index (χ0n) is 15.0. The fraction of sp³-hybridized carbons (Fsp3) is 0.684.